The number of hydrogen-bond acceptors (Lipinski definition) is 2. The molecule has 1 aromatic carbocycles. The summed E-state index contributed by atoms with van der Waals surface area (Å²) in [4.78, 5) is 13.3. The Bertz CT molecular complexity index is 427. The van der Waals surface area contributed by atoms with E-state index in [0.29, 0.717) is 11.1 Å². The molecule has 1 aliphatic rings. The van der Waals surface area contributed by atoms with Gasteiger partial charge in [0.25, 0.3) is 0 Å². The predicted molar refractivity (Wildman–Crippen MR) is 62.3 cm³/mol. The molecule has 1 aromatic rings. The summed E-state index contributed by atoms with van der Waals surface area (Å²) >= 11 is 0. The van der Waals surface area contributed by atoms with Crippen LogP contribution in [0.4, 0.5) is 4.39 Å². The van der Waals surface area contributed by atoms with Gasteiger partial charge in [0.1, 0.15) is 11.9 Å². The van der Waals surface area contributed by atoms with Crippen molar-refractivity contribution in [2.24, 2.45) is 0 Å². The van der Waals surface area contributed by atoms with Crippen LogP contribution in [-0.2, 0) is 4.79 Å². The Kier molecular flexibility index (Phi) is 3.43. The van der Waals surface area contributed by atoms with Crippen molar-refractivity contribution in [2.45, 2.75) is 25.8 Å². The maximum atomic E-state index is 13.2. The van der Waals surface area contributed by atoms with Gasteiger partial charge in [-0.1, -0.05) is 12.1 Å². The molecule has 0 aliphatic carbocycles. The van der Waals surface area contributed by atoms with Crippen molar-refractivity contribution in [2.75, 3.05) is 13.1 Å². The van der Waals surface area contributed by atoms with Gasteiger partial charge in [0.15, 0.2) is 0 Å². The van der Waals surface area contributed by atoms with Crippen LogP contribution < -0.4 is 0 Å². The highest BCUT2D eigenvalue weighted by molar-refractivity contribution is 5.75. The van der Waals surface area contributed by atoms with Crippen LogP contribution >= 0.6 is 0 Å². The fraction of sp³-hybridized carbons (Fsp3) is 0.462. The molecule has 1 aliphatic heterocycles. The second-order valence-corrected chi connectivity index (χ2v) is 4.49. The maximum Gasteiger partial charge on any atom is 0.325 e. The van der Waals surface area contributed by atoms with Gasteiger partial charge in [0.2, 0.25) is 0 Å². The Labute approximate surface area is 99.9 Å². The lowest BCUT2D eigenvalue weighted by Crippen LogP contribution is -2.31. The van der Waals surface area contributed by atoms with Gasteiger partial charge < -0.3 is 5.11 Å². The summed E-state index contributed by atoms with van der Waals surface area (Å²) in [7, 11) is 0. The molecule has 1 saturated heterocycles. The number of carboxylic acid groups (broad SMARTS) is 1. The molecular formula is C13H16FNO2. The second kappa shape index (κ2) is 4.84. The van der Waals surface area contributed by atoms with Crippen LogP contribution in [0.25, 0.3) is 0 Å². The number of aliphatic carboxylic acids is 1. The van der Waals surface area contributed by atoms with E-state index in [2.05, 4.69) is 0 Å². The molecule has 1 N–H and O–H groups in total. The topological polar surface area (TPSA) is 40.5 Å². The molecule has 0 radical (unpaired) electrons. The van der Waals surface area contributed by atoms with Crippen molar-refractivity contribution in [3.63, 3.8) is 0 Å². The highest BCUT2D eigenvalue weighted by Gasteiger charge is 2.29. The molecule has 0 amide bonds. The van der Waals surface area contributed by atoms with Gasteiger partial charge >= 0.3 is 5.97 Å². The highest BCUT2D eigenvalue weighted by Crippen LogP contribution is 2.26. The Morgan fingerprint density at radius 3 is 2.59 bits per heavy atom. The van der Waals surface area contributed by atoms with Gasteiger partial charge in [-0.05, 0) is 50.0 Å². The first-order chi connectivity index (χ1) is 8.09. The van der Waals surface area contributed by atoms with Crippen molar-refractivity contribution >= 4 is 5.97 Å². The molecule has 1 unspecified atom stereocenters. The van der Waals surface area contributed by atoms with E-state index in [-0.39, 0.29) is 5.82 Å². The van der Waals surface area contributed by atoms with E-state index in [1.165, 1.54) is 6.07 Å². The molecule has 1 fully saturated rings. The standard InChI is InChI=1S/C13H16FNO2/c1-9-8-10(4-5-11(9)14)12(13(16)17)15-6-2-3-7-15/h4-5,8,12H,2-3,6-7H2,1H3,(H,16,17). The quantitative estimate of drug-likeness (QED) is 0.877. The summed E-state index contributed by atoms with van der Waals surface area (Å²) in [5.74, 6) is -1.16. The van der Waals surface area contributed by atoms with E-state index in [1.54, 1.807) is 19.1 Å². The highest BCUT2D eigenvalue weighted by atomic mass is 19.1. The number of nitrogens with zero attached hydrogens (tertiary/aromatic N) is 1. The summed E-state index contributed by atoms with van der Waals surface area (Å²) in [5, 5.41) is 9.31. The number of carboxylic acids is 1. The van der Waals surface area contributed by atoms with Crippen LogP contribution in [0.15, 0.2) is 18.2 Å². The summed E-state index contributed by atoms with van der Waals surface area (Å²) < 4.78 is 13.2. The van der Waals surface area contributed by atoms with Crippen LogP contribution in [0.5, 0.6) is 0 Å². The first-order valence-electron chi connectivity index (χ1n) is 5.82. The SMILES string of the molecule is Cc1cc(C(C(=O)O)N2CCCC2)ccc1F. The van der Waals surface area contributed by atoms with Gasteiger partial charge in [-0.2, -0.15) is 0 Å². The number of likely N-dealkylation sites (tertiary alicyclic amines) is 1. The Hall–Kier alpha value is -1.42. The normalized spacial score (nSPS) is 18.2. The summed E-state index contributed by atoms with van der Waals surface area (Å²) in [5.41, 5.74) is 1.16. The van der Waals surface area contributed by atoms with Crippen molar-refractivity contribution < 1.29 is 14.3 Å². The lowest BCUT2D eigenvalue weighted by atomic mass is 10.0. The number of hydrogen-bond donors (Lipinski definition) is 1. The van der Waals surface area contributed by atoms with Crippen LogP contribution in [0.1, 0.15) is 30.0 Å². The Balaban J connectivity index is 2.31. The molecule has 0 spiro atoms. The largest absolute Gasteiger partial charge is 0.480 e. The number of halogens is 1. The summed E-state index contributed by atoms with van der Waals surface area (Å²) in [6.45, 7) is 3.25. The molecule has 3 nitrogen and oxygen atoms in total. The molecule has 1 atom stereocenters. The molecule has 0 saturated carbocycles. The number of carbonyl (C=O) groups is 1. The monoisotopic (exact) mass is 237 g/mol. The van der Waals surface area contributed by atoms with E-state index in [0.717, 1.165) is 25.9 Å². The molecule has 17 heavy (non-hydrogen) atoms. The first-order valence-corrected chi connectivity index (χ1v) is 5.82. The van der Waals surface area contributed by atoms with E-state index >= 15 is 0 Å². The fourth-order valence-corrected chi connectivity index (χ4v) is 2.35. The minimum atomic E-state index is -0.863. The summed E-state index contributed by atoms with van der Waals surface area (Å²) in [6, 6.07) is 3.90. The van der Waals surface area contributed by atoms with Crippen molar-refractivity contribution in [1.82, 2.24) is 4.90 Å². The van der Waals surface area contributed by atoms with Crippen molar-refractivity contribution in [1.29, 1.82) is 0 Å². The maximum absolute atomic E-state index is 13.2. The molecule has 2 rings (SSSR count). The van der Waals surface area contributed by atoms with Gasteiger partial charge in [0, 0.05) is 0 Å². The zero-order valence-electron chi connectivity index (χ0n) is 9.82. The molecule has 92 valence electrons. The number of benzene rings is 1. The number of aryl methyl sites for hydroxylation is 1. The minimum Gasteiger partial charge on any atom is -0.480 e. The van der Waals surface area contributed by atoms with Crippen molar-refractivity contribution in [3.05, 3.63) is 35.1 Å². The van der Waals surface area contributed by atoms with E-state index in [9.17, 15) is 14.3 Å². The average Bonchev–Trinajstić information content (AvgIpc) is 2.76. The minimum absolute atomic E-state index is 0.292. The Morgan fingerprint density at radius 1 is 1.41 bits per heavy atom. The molecule has 0 bridgehead atoms. The van der Waals surface area contributed by atoms with E-state index in [4.69, 9.17) is 0 Å². The molecule has 1 heterocycles. The average molecular weight is 237 g/mol. The lowest BCUT2D eigenvalue weighted by Gasteiger charge is -2.24. The van der Waals surface area contributed by atoms with Crippen LogP contribution in [0.3, 0.4) is 0 Å². The van der Waals surface area contributed by atoms with Crippen LogP contribution in [-0.4, -0.2) is 29.1 Å². The smallest absolute Gasteiger partial charge is 0.325 e. The van der Waals surface area contributed by atoms with Gasteiger partial charge in [0.05, 0.1) is 0 Å². The second-order valence-electron chi connectivity index (χ2n) is 4.49. The third kappa shape index (κ3) is 2.47. The molecule has 0 aromatic heterocycles. The first kappa shape index (κ1) is 12.0. The van der Waals surface area contributed by atoms with E-state index < -0.39 is 12.0 Å². The third-order valence-corrected chi connectivity index (χ3v) is 3.24. The Morgan fingerprint density at radius 2 is 2.06 bits per heavy atom. The zero-order chi connectivity index (χ0) is 12.4. The van der Waals surface area contributed by atoms with Gasteiger partial charge in [-0.3, -0.25) is 9.69 Å². The van der Waals surface area contributed by atoms with Crippen molar-refractivity contribution in [3.8, 4) is 0 Å². The third-order valence-electron chi connectivity index (χ3n) is 3.24. The van der Waals surface area contributed by atoms with Gasteiger partial charge in [-0.25, -0.2) is 4.39 Å². The van der Waals surface area contributed by atoms with Gasteiger partial charge in [-0.15, -0.1) is 0 Å². The molecule has 4 heteroatoms. The number of rotatable bonds is 3. The predicted octanol–water partition coefficient (Wildman–Crippen LogP) is 2.36. The summed E-state index contributed by atoms with van der Waals surface area (Å²) in [6.07, 6.45) is 2.06. The fourth-order valence-electron chi connectivity index (χ4n) is 2.35. The molecular weight excluding hydrogens is 221 g/mol. The van der Waals surface area contributed by atoms with Crippen LogP contribution in [0, 0.1) is 12.7 Å². The van der Waals surface area contributed by atoms with Crippen LogP contribution in [0.2, 0.25) is 0 Å². The van der Waals surface area contributed by atoms with E-state index in [1.807, 2.05) is 4.90 Å². The lowest BCUT2D eigenvalue weighted by molar-refractivity contribution is -0.143. The zero-order valence-corrected chi connectivity index (χ0v) is 9.82.